The lowest BCUT2D eigenvalue weighted by atomic mass is 9.71. The molecule has 162 valence electrons. The Bertz CT molecular complexity index is 907. The molecule has 8 heteroatoms. The summed E-state index contributed by atoms with van der Waals surface area (Å²) < 4.78 is 10.6. The molecule has 0 radical (unpaired) electrons. The van der Waals surface area contributed by atoms with Crippen molar-refractivity contribution in [2.24, 2.45) is 5.41 Å². The molecule has 0 saturated heterocycles. The van der Waals surface area contributed by atoms with Crippen LogP contribution in [-0.2, 0) is 25.5 Å². The van der Waals surface area contributed by atoms with Crippen molar-refractivity contribution in [1.82, 2.24) is 0 Å². The van der Waals surface area contributed by atoms with E-state index in [4.69, 9.17) is 37.8 Å². The van der Waals surface area contributed by atoms with Crippen molar-refractivity contribution in [2.45, 2.75) is 51.9 Å². The highest BCUT2D eigenvalue weighted by molar-refractivity contribution is 6.44. The summed E-state index contributed by atoms with van der Waals surface area (Å²) in [7, 11) is 0. The van der Waals surface area contributed by atoms with E-state index >= 15 is 0 Å². The lowest BCUT2D eigenvalue weighted by Gasteiger charge is -2.32. The Labute approximate surface area is 185 Å². The molecule has 0 spiro atoms. The fourth-order valence-corrected chi connectivity index (χ4v) is 4.71. The molecule has 1 atom stereocenters. The Balaban J connectivity index is 1.68. The van der Waals surface area contributed by atoms with Crippen molar-refractivity contribution in [1.29, 1.82) is 0 Å². The SMILES string of the molecule is CCC12CCC(=O)C=C1c1c(cc(OCC(=O)OCCCCC(=O)O)c(Cl)c1Cl)C2. The molecule has 0 amide bonds. The minimum absolute atomic E-state index is 0.0402. The molecule has 1 aromatic rings. The second-order valence-electron chi connectivity index (χ2n) is 7.73. The highest BCUT2D eigenvalue weighted by atomic mass is 35.5. The van der Waals surface area contributed by atoms with Crippen LogP contribution in [0.2, 0.25) is 10.0 Å². The van der Waals surface area contributed by atoms with Gasteiger partial charge in [0.1, 0.15) is 10.8 Å². The lowest BCUT2D eigenvalue weighted by Crippen LogP contribution is -2.24. The largest absolute Gasteiger partial charge is 0.481 e. The maximum absolute atomic E-state index is 12.0. The molecule has 0 aromatic heterocycles. The Morgan fingerprint density at radius 3 is 2.70 bits per heavy atom. The van der Waals surface area contributed by atoms with Crippen LogP contribution in [0.5, 0.6) is 5.75 Å². The second-order valence-corrected chi connectivity index (χ2v) is 8.49. The van der Waals surface area contributed by atoms with E-state index in [1.807, 2.05) is 0 Å². The van der Waals surface area contributed by atoms with E-state index in [0.29, 0.717) is 30.0 Å². The average molecular weight is 455 g/mol. The zero-order valence-electron chi connectivity index (χ0n) is 16.8. The van der Waals surface area contributed by atoms with Crippen molar-refractivity contribution in [3.63, 3.8) is 0 Å². The molecule has 0 bridgehead atoms. The number of fused-ring (bicyclic) bond motifs is 3. The predicted octanol–water partition coefficient (Wildman–Crippen LogP) is 4.87. The first kappa shape index (κ1) is 22.6. The van der Waals surface area contributed by atoms with Crippen LogP contribution in [0.4, 0.5) is 0 Å². The Kier molecular flexibility index (Phi) is 7.09. The number of carboxylic acids is 1. The van der Waals surface area contributed by atoms with E-state index < -0.39 is 11.9 Å². The molecule has 0 aliphatic heterocycles. The molecular weight excluding hydrogens is 431 g/mol. The van der Waals surface area contributed by atoms with E-state index in [-0.39, 0.29) is 35.9 Å². The van der Waals surface area contributed by atoms with Crippen molar-refractivity contribution in [2.75, 3.05) is 13.2 Å². The molecule has 2 aliphatic carbocycles. The molecule has 0 saturated carbocycles. The van der Waals surface area contributed by atoms with Crippen LogP contribution in [0.15, 0.2) is 12.1 Å². The van der Waals surface area contributed by atoms with Crippen LogP contribution in [0.3, 0.4) is 0 Å². The number of esters is 1. The number of halogens is 2. The van der Waals surface area contributed by atoms with E-state index in [1.54, 1.807) is 12.1 Å². The fourth-order valence-electron chi connectivity index (χ4n) is 4.19. The van der Waals surface area contributed by atoms with E-state index in [1.165, 1.54) is 0 Å². The minimum atomic E-state index is -0.877. The predicted molar refractivity (Wildman–Crippen MR) is 113 cm³/mol. The summed E-state index contributed by atoms with van der Waals surface area (Å²) in [5.41, 5.74) is 2.61. The number of ketones is 1. The van der Waals surface area contributed by atoms with Crippen molar-refractivity contribution in [3.8, 4) is 5.75 Å². The Morgan fingerprint density at radius 1 is 1.23 bits per heavy atom. The first-order valence-corrected chi connectivity index (χ1v) is 10.8. The number of unbranched alkanes of at least 4 members (excludes halogenated alkanes) is 1. The van der Waals surface area contributed by atoms with E-state index in [9.17, 15) is 14.4 Å². The number of carbonyl (C=O) groups is 3. The third-order valence-corrected chi connectivity index (χ3v) is 6.70. The van der Waals surface area contributed by atoms with Gasteiger partial charge in [-0.3, -0.25) is 9.59 Å². The summed E-state index contributed by atoms with van der Waals surface area (Å²) >= 11 is 13.0. The number of hydrogen-bond acceptors (Lipinski definition) is 5. The number of carboxylic acid groups (broad SMARTS) is 1. The van der Waals surface area contributed by atoms with Gasteiger partial charge < -0.3 is 14.6 Å². The number of carbonyl (C=O) groups excluding carboxylic acids is 2. The van der Waals surface area contributed by atoms with Gasteiger partial charge in [-0.2, -0.15) is 0 Å². The molecule has 0 heterocycles. The normalized spacial score (nSPS) is 19.7. The van der Waals surface area contributed by atoms with Crippen LogP contribution >= 0.6 is 23.2 Å². The molecule has 2 aliphatic rings. The molecule has 3 rings (SSSR count). The molecule has 0 fully saturated rings. The third-order valence-electron chi connectivity index (χ3n) is 5.85. The molecule has 1 N–H and O–H groups in total. The molecule has 30 heavy (non-hydrogen) atoms. The first-order valence-electron chi connectivity index (χ1n) is 10.0. The number of rotatable bonds is 9. The van der Waals surface area contributed by atoms with Gasteiger partial charge in [-0.15, -0.1) is 0 Å². The number of ether oxygens (including phenoxy) is 2. The average Bonchev–Trinajstić information content (AvgIpc) is 3.03. The fraction of sp³-hybridized carbons (Fsp3) is 0.500. The maximum atomic E-state index is 12.0. The Morgan fingerprint density at radius 2 is 2.00 bits per heavy atom. The topological polar surface area (TPSA) is 89.9 Å². The third kappa shape index (κ3) is 4.65. The monoisotopic (exact) mass is 454 g/mol. The van der Waals surface area contributed by atoms with Crippen molar-refractivity contribution in [3.05, 3.63) is 33.3 Å². The highest BCUT2D eigenvalue weighted by Gasteiger charge is 2.44. The summed E-state index contributed by atoms with van der Waals surface area (Å²) in [4.78, 5) is 34.4. The Hall–Kier alpha value is -2.05. The molecule has 1 unspecified atom stereocenters. The standard InChI is InChI=1S/C22H24Cl2O6/c1-2-22-7-6-14(25)10-15(22)19-13(11-22)9-16(20(23)21(19)24)30-12-18(28)29-8-4-3-5-17(26)27/h9-10H,2-8,11-12H2,1H3,(H,26,27). The second kappa shape index (κ2) is 9.40. The van der Waals surface area contributed by atoms with Gasteiger partial charge in [0.15, 0.2) is 12.4 Å². The van der Waals surface area contributed by atoms with Crippen LogP contribution in [0.25, 0.3) is 5.57 Å². The highest BCUT2D eigenvalue weighted by Crippen LogP contribution is 2.57. The van der Waals surface area contributed by atoms with Gasteiger partial charge >= 0.3 is 11.9 Å². The number of aliphatic carboxylic acids is 1. The van der Waals surface area contributed by atoms with Gasteiger partial charge in [-0.25, -0.2) is 4.79 Å². The van der Waals surface area contributed by atoms with Crippen LogP contribution in [-0.4, -0.2) is 36.0 Å². The van der Waals surface area contributed by atoms with E-state index in [2.05, 4.69) is 6.92 Å². The van der Waals surface area contributed by atoms with Crippen molar-refractivity contribution >= 4 is 46.5 Å². The molecule has 6 nitrogen and oxygen atoms in total. The van der Waals surface area contributed by atoms with Crippen LogP contribution < -0.4 is 4.74 Å². The van der Waals surface area contributed by atoms with Gasteiger partial charge in [0.2, 0.25) is 0 Å². The van der Waals surface area contributed by atoms with Crippen molar-refractivity contribution < 1.29 is 29.0 Å². The summed E-state index contributed by atoms with van der Waals surface area (Å²) in [6.45, 7) is 1.91. The number of allylic oxidation sites excluding steroid dienone is 2. The zero-order chi connectivity index (χ0) is 21.9. The summed E-state index contributed by atoms with van der Waals surface area (Å²) in [6, 6.07) is 1.80. The quantitative estimate of drug-likeness (QED) is 0.422. The smallest absolute Gasteiger partial charge is 0.344 e. The van der Waals surface area contributed by atoms with E-state index in [0.717, 1.165) is 36.0 Å². The van der Waals surface area contributed by atoms with Crippen LogP contribution in [0, 0.1) is 5.41 Å². The van der Waals surface area contributed by atoms with Gasteiger partial charge in [-0.05, 0) is 55.4 Å². The van der Waals surface area contributed by atoms with Crippen LogP contribution in [0.1, 0.15) is 56.6 Å². The summed E-state index contributed by atoms with van der Waals surface area (Å²) in [5, 5.41) is 9.13. The molecular formula is C22H24Cl2O6. The van der Waals surface area contributed by atoms with Gasteiger partial charge in [0.05, 0.1) is 11.6 Å². The van der Waals surface area contributed by atoms with Gasteiger partial charge in [-0.1, -0.05) is 30.1 Å². The van der Waals surface area contributed by atoms with Gasteiger partial charge in [0.25, 0.3) is 0 Å². The summed E-state index contributed by atoms with van der Waals surface area (Å²) in [6.07, 6.45) is 5.59. The molecule has 1 aromatic carbocycles. The zero-order valence-corrected chi connectivity index (χ0v) is 18.3. The van der Waals surface area contributed by atoms with Gasteiger partial charge in [0, 0.05) is 23.8 Å². The first-order chi connectivity index (χ1) is 14.3. The number of hydrogen-bond donors (Lipinski definition) is 1. The number of benzene rings is 1. The summed E-state index contributed by atoms with van der Waals surface area (Å²) in [5.74, 6) is -1.04. The lowest BCUT2D eigenvalue weighted by molar-refractivity contribution is -0.146. The maximum Gasteiger partial charge on any atom is 0.344 e. The minimum Gasteiger partial charge on any atom is -0.481 e.